The molecule has 1 heterocycles. The molecule has 2 fully saturated rings. The van der Waals surface area contributed by atoms with Crippen LogP contribution in [0.5, 0.6) is 11.5 Å². The molecular weight excluding hydrogens is 312 g/mol. The van der Waals surface area contributed by atoms with Gasteiger partial charge < -0.3 is 15.2 Å². The molecule has 6 heteroatoms. The van der Waals surface area contributed by atoms with Crippen molar-refractivity contribution in [2.24, 2.45) is 0 Å². The van der Waals surface area contributed by atoms with Crippen LogP contribution in [-0.4, -0.2) is 34.2 Å². The first kappa shape index (κ1) is 15.8. The Morgan fingerprint density at radius 2 is 2.09 bits per heavy atom. The highest BCUT2D eigenvalue weighted by atomic mass is 32.1. The lowest BCUT2D eigenvalue weighted by Gasteiger charge is -2.29. The third-order valence-electron chi connectivity index (χ3n) is 4.40. The lowest BCUT2D eigenvalue weighted by Crippen LogP contribution is -2.41. The summed E-state index contributed by atoms with van der Waals surface area (Å²) in [6, 6.07) is 5.34. The van der Waals surface area contributed by atoms with Crippen LogP contribution in [-0.2, 0) is 4.79 Å². The number of amides is 1. The summed E-state index contributed by atoms with van der Waals surface area (Å²) in [6.07, 6.45) is 7.09. The van der Waals surface area contributed by atoms with E-state index < -0.39 is 0 Å². The Bertz CT molecular complexity index is 666. The van der Waals surface area contributed by atoms with Gasteiger partial charge in [-0.3, -0.25) is 9.69 Å². The first-order valence-corrected chi connectivity index (χ1v) is 8.25. The van der Waals surface area contributed by atoms with Crippen LogP contribution >= 0.6 is 12.2 Å². The molecule has 0 bridgehead atoms. The molecule has 122 valence electrons. The number of para-hydroxylation sites is 1. The molecule has 3 rings (SSSR count). The third-order valence-corrected chi connectivity index (χ3v) is 4.70. The number of nitrogens with zero attached hydrogens (tertiary/aromatic N) is 1. The molecule has 1 amide bonds. The molecule has 5 nitrogen and oxygen atoms in total. The Labute approximate surface area is 140 Å². The van der Waals surface area contributed by atoms with Crippen molar-refractivity contribution in [3.63, 3.8) is 0 Å². The quantitative estimate of drug-likeness (QED) is 0.658. The second-order valence-electron chi connectivity index (χ2n) is 5.85. The van der Waals surface area contributed by atoms with E-state index in [0.29, 0.717) is 22.1 Å². The van der Waals surface area contributed by atoms with Crippen molar-refractivity contribution in [2.45, 2.75) is 38.1 Å². The summed E-state index contributed by atoms with van der Waals surface area (Å²) in [5.41, 5.74) is 0.914. The minimum absolute atomic E-state index is 0.0131. The average Bonchev–Trinajstić information content (AvgIpc) is 2.84. The Kier molecular flexibility index (Phi) is 4.52. The summed E-state index contributed by atoms with van der Waals surface area (Å²) in [5, 5.41) is 13.6. The highest BCUT2D eigenvalue weighted by Gasteiger charge is 2.36. The van der Waals surface area contributed by atoms with Crippen LogP contribution in [0.15, 0.2) is 23.9 Å². The fourth-order valence-electron chi connectivity index (χ4n) is 3.20. The molecule has 1 aliphatic heterocycles. The van der Waals surface area contributed by atoms with E-state index in [1.165, 1.54) is 13.5 Å². The molecule has 1 aromatic rings. The first-order valence-electron chi connectivity index (χ1n) is 7.84. The second-order valence-corrected chi connectivity index (χ2v) is 6.24. The van der Waals surface area contributed by atoms with Crippen molar-refractivity contribution in [1.29, 1.82) is 0 Å². The Morgan fingerprint density at radius 3 is 2.78 bits per heavy atom. The maximum Gasteiger partial charge on any atom is 0.276 e. The second kappa shape index (κ2) is 6.58. The van der Waals surface area contributed by atoms with Gasteiger partial charge >= 0.3 is 0 Å². The molecule has 2 N–H and O–H groups in total. The summed E-state index contributed by atoms with van der Waals surface area (Å²) in [5.74, 6) is 0.264. The summed E-state index contributed by atoms with van der Waals surface area (Å²) in [6.45, 7) is 0. The Hall–Kier alpha value is -2.08. The smallest absolute Gasteiger partial charge is 0.276 e. The fourth-order valence-corrected chi connectivity index (χ4v) is 3.54. The van der Waals surface area contributed by atoms with E-state index in [4.69, 9.17) is 17.0 Å². The lowest BCUT2D eigenvalue weighted by atomic mass is 9.94. The average molecular weight is 332 g/mol. The van der Waals surface area contributed by atoms with Gasteiger partial charge in [0.15, 0.2) is 16.6 Å². The molecular formula is C17H20N2O3S. The zero-order valence-corrected chi connectivity index (χ0v) is 13.9. The van der Waals surface area contributed by atoms with Gasteiger partial charge in [-0.25, -0.2) is 0 Å². The number of phenols is 1. The number of thiocarbonyl (C=S) groups is 1. The van der Waals surface area contributed by atoms with Gasteiger partial charge in [0.25, 0.3) is 5.91 Å². The number of hydrogen-bond acceptors (Lipinski definition) is 4. The molecule has 1 aliphatic carbocycles. The maximum absolute atomic E-state index is 12.7. The molecule has 0 spiro atoms. The minimum Gasteiger partial charge on any atom is -0.504 e. The molecule has 1 saturated heterocycles. The molecule has 0 unspecified atom stereocenters. The number of benzene rings is 1. The summed E-state index contributed by atoms with van der Waals surface area (Å²) >= 11 is 5.34. The molecule has 2 aliphatic rings. The van der Waals surface area contributed by atoms with E-state index in [1.54, 1.807) is 29.2 Å². The van der Waals surface area contributed by atoms with Gasteiger partial charge in [0.05, 0.1) is 7.11 Å². The largest absolute Gasteiger partial charge is 0.504 e. The highest BCUT2D eigenvalue weighted by molar-refractivity contribution is 7.80. The van der Waals surface area contributed by atoms with Crippen molar-refractivity contribution < 1.29 is 14.6 Å². The molecule has 23 heavy (non-hydrogen) atoms. The van der Waals surface area contributed by atoms with Gasteiger partial charge in [-0.1, -0.05) is 31.4 Å². The van der Waals surface area contributed by atoms with E-state index >= 15 is 0 Å². The van der Waals surface area contributed by atoms with Gasteiger partial charge in [0, 0.05) is 11.6 Å². The first-order chi connectivity index (χ1) is 11.1. The third kappa shape index (κ3) is 3.03. The van der Waals surface area contributed by atoms with E-state index in [1.807, 2.05) is 0 Å². The van der Waals surface area contributed by atoms with E-state index in [0.717, 1.165) is 25.7 Å². The standard InChI is InChI=1S/C17H20N2O3S/c1-22-14-9-5-6-11(15(14)20)10-13-16(21)19(17(23)18-13)12-7-3-2-4-8-12/h5-6,9-10,12,20H,2-4,7-8H2,1H3,(H,18,23)/b13-10+. The molecule has 0 radical (unpaired) electrons. The normalized spacial score (nSPS) is 20.9. The van der Waals surface area contributed by atoms with Crippen LogP contribution in [0, 0.1) is 0 Å². The van der Waals surface area contributed by atoms with Gasteiger partial charge in [-0.2, -0.15) is 0 Å². The van der Waals surface area contributed by atoms with Crippen molar-refractivity contribution in [3.05, 3.63) is 29.5 Å². The Balaban J connectivity index is 1.87. The van der Waals surface area contributed by atoms with Crippen LogP contribution in [0.25, 0.3) is 6.08 Å². The van der Waals surface area contributed by atoms with Crippen molar-refractivity contribution in [1.82, 2.24) is 10.2 Å². The number of rotatable bonds is 3. The Morgan fingerprint density at radius 1 is 1.35 bits per heavy atom. The number of carbonyl (C=O) groups excluding carboxylic acids is 1. The monoisotopic (exact) mass is 332 g/mol. The minimum atomic E-state index is -0.121. The summed E-state index contributed by atoms with van der Waals surface area (Å²) in [4.78, 5) is 14.4. The van der Waals surface area contributed by atoms with Crippen LogP contribution in [0.2, 0.25) is 0 Å². The van der Waals surface area contributed by atoms with Crippen LogP contribution < -0.4 is 10.1 Å². The number of hydrogen-bond donors (Lipinski definition) is 2. The van der Waals surface area contributed by atoms with Gasteiger partial charge in [0.2, 0.25) is 0 Å². The van der Waals surface area contributed by atoms with Crippen molar-refractivity contribution >= 4 is 29.3 Å². The maximum atomic E-state index is 12.7. The van der Waals surface area contributed by atoms with E-state index in [9.17, 15) is 9.90 Å². The number of nitrogens with one attached hydrogen (secondary N) is 1. The number of carbonyl (C=O) groups is 1. The van der Waals surface area contributed by atoms with Gasteiger partial charge in [-0.15, -0.1) is 0 Å². The molecule has 1 saturated carbocycles. The topological polar surface area (TPSA) is 61.8 Å². The van der Waals surface area contributed by atoms with Crippen molar-refractivity contribution in [2.75, 3.05) is 7.11 Å². The number of aromatic hydroxyl groups is 1. The lowest BCUT2D eigenvalue weighted by molar-refractivity contribution is -0.124. The predicted molar refractivity (Wildman–Crippen MR) is 92.1 cm³/mol. The zero-order chi connectivity index (χ0) is 16.4. The number of phenolic OH excluding ortho intramolecular Hbond substituents is 1. The van der Waals surface area contributed by atoms with Crippen LogP contribution in [0.4, 0.5) is 0 Å². The SMILES string of the molecule is COc1cccc(/C=C2/NC(=S)N(C3CCCCC3)C2=O)c1O. The molecule has 0 aromatic heterocycles. The van der Waals surface area contributed by atoms with E-state index in [2.05, 4.69) is 5.32 Å². The van der Waals surface area contributed by atoms with Crippen LogP contribution in [0.1, 0.15) is 37.7 Å². The van der Waals surface area contributed by atoms with Crippen molar-refractivity contribution in [3.8, 4) is 11.5 Å². The highest BCUT2D eigenvalue weighted by Crippen LogP contribution is 2.32. The number of methoxy groups -OCH3 is 1. The van der Waals surface area contributed by atoms with Gasteiger partial charge in [0.1, 0.15) is 5.70 Å². The zero-order valence-electron chi connectivity index (χ0n) is 13.0. The predicted octanol–water partition coefficient (Wildman–Crippen LogP) is 2.79. The van der Waals surface area contributed by atoms with Crippen LogP contribution in [0.3, 0.4) is 0 Å². The summed E-state index contributed by atoms with van der Waals surface area (Å²) < 4.78 is 5.09. The fraction of sp³-hybridized carbons (Fsp3) is 0.412. The van der Waals surface area contributed by atoms with Gasteiger partial charge in [-0.05, 0) is 37.2 Å². The number of ether oxygens (including phenoxy) is 1. The molecule has 1 aromatic carbocycles. The summed E-state index contributed by atoms with van der Waals surface area (Å²) in [7, 11) is 1.49. The van der Waals surface area contributed by atoms with E-state index in [-0.39, 0.29) is 17.7 Å². The molecule has 0 atom stereocenters.